The number of hydrogen-bond acceptors (Lipinski definition) is 5. The highest BCUT2D eigenvalue weighted by molar-refractivity contribution is 5.63. The van der Waals surface area contributed by atoms with Gasteiger partial charge in [-0.05, 0) is 40.0 Å². The van der Waals surface area contributed by atoms with Crippen molar-refractivity contribution in [1.82, 2.24) is 30.2 Å². The van der Waals surface area contributed by atoms with Gasteiger partial charge in [-0.1, -0.05) is 59.7 Å². The summed E-state index contributed by atoms with van der Waals surface area (Å²) in [6, 6.07) is 19.0. The number of piperidine rings is 1. The maximum atomic E-state index is 4.44. The molecule has 1 unspecified atom stereocenters. The Morgan fingerprint density at radius 3 is 2.62 bits per heavy atom. The minimum absolute atomic E-state index is 0.383. The molecular weight excluding hydrogens is 362 g/mol. The van der Waals surface area contributed by atoms with E-state index in [9.17, 15) is 0 Å². The van der Waals surface area contributed by atoms with E-state index in [4.69, 9.17) is 0 Å². The van der Waals surface area contributed by atoms with E-state index in [2.05, 4.69) is 78.9 Å². The fourth-order valence-electron chi connectivity index (χ4n) is 4.02. The van der Waals surface area contributed by atoms with Crippen LogP contribution in [-0.2, 0) is 6.54 Å². The highest BCUT2D eigenvalue weighted by atomic mass is 15.6. The van der Waals surface area contributed by atoms with Crippen molar-refractivity contribution in [2.75, 3.05) is 18.0 Å². The number of benzene rings is 2. The topological polar surface area (TPSA) is 75.5 Å². The average molecular weight is 385 g/mol. The molecule has 1 aliphatic heterocycles. The maximum absolute atomic E-state index is 4.44. The summed E-state index contributed by atoms with van der Waals surface area (Å²) < 4.78 is 1.89. The van der Waals surface area contributed by atoms with Gasteiger partial charge in [0.05, 0.1) is 6.54 Å². The molecule has 0 spiro atoms. The van der Waals surface area contributed by atoms with E-state index < -0.39 is 0 Å². The number of tetrazole rings is 1. The lowest BCUT2D eigenvalue weighted by Gasteiger charge is -2.32. The summed E-state index contributed by atoms with van der Waals surface area (Å²) in [7, 11) is 0. The molecule has 0 amide bonds. The monoisotopic (exact) mass is 385 g/mol. The van der Waals surface area contributed by atoms with Crippen molar-refractivity contribution >= 4 is 5.95 Å². The third-order valence-corrected chi connectivity index (χ3v) is 5.52. The number of imidazole rings is 1. The summed E-state index contributed by atoms with van der Waals surface area (Å²) in [4.78, 5) is 9.96. The van der Waals surface area contributed by atoms with Crippen LogP contribution in [0.1, 0.15) is 30.1 Å². The fraction of sp³-hybridized carbons (Fsp3) is 0.273. The van der Waals surface area contributed by atoms with Gasteiger partial charge in [0.2, 0.25) is 5.95 Å². The Balaban J connectivity index is 1.31. The Hall–Kier alpha value is -3.48. The highest BCUT2D eigenvalue weighted by Gasteiger charge is 2.26. The van der Waals surface area contributed by atoms with E-state index >= 15 is 0 Å². The Kier molecular flexibility index (Phi) is 4.78. The van der Waals surface area contributed by atoms with E-state index in [1.165, 1.54) is 16.7 Å². The molecule has 4 aromatic rings. The largest absolute Gasteiger partial charge is 0.348 e. The SMILES string of the molecule is c1ccc(-c2ccc(Cn3nnnc3N3CCCC(c4ncc[nH]4)C3)cc2)cc1. The van der Waals surface area contributed by atoms with Crippen LogP contribution in [0, 0.1) is 0 Å². The van der Waals surface area contributed by atoms with Gasteiger partial charge in [0.1, 0.15) is 5.82 Å². The molecule has 0 aliphatic carbocycles. The van der Waals surface area contributed by atoms with Crippen molar-refractivity contribution < 1.29 is 0 Å². The van der Waals surface area contributed by atoms with Gasteiger partial charge in [0, 0.05) is 31.4 Å². The molecule has 1 saturated heterocycles. The number of H-pyrrole nitrogens is 1. The summed E-state index contributed by atoms with van der Waals surface area (Å²) in [5.74, 6) is 2.26. The summed E-state index contributed by atoms with van der Waals surface area (Å²) in [6.07, 6.45) is 5.94. The number of aromatic amines is 1. The van der Waals surface area contributed by atoms with Crippen LogP contribution in [0.5, 0.6) is 0 Å². The molecule has 146 valence electrons. The van der Waals surface area contributed by atoms with Crippen LogP contribution < -0.4 is 4.90 Å². The quantitative estimate of drug-likeness (QED) is 0.569. The minimum Gasteiger partial charge on any atom is -0.348 e. The summed E-state index contributed by atoms with van der Waals surface area (Å²) in [6.45, 7) is 2.49. The lowest BCUT2D eigenvalue weighted by Crippen LogP contribution is -2.36. The van der Waals surface area contributed by atoms with Gasteiger partial charge in [-0.15, -0.1) is 0 Å². The smallest absolute Gasteiger partial charge is 0.245 e. The molecule has 1 N–H and O–H groups in total. The molecule has 7 nitrogen and oxygen atoms in total. The minimum atomic E-state index is 0.383. The Morgan fingerprint density at radius 1 is 1.00 bits per heavy atom. The molecule has 5 rings (SSSR count). The van der Waals surface area contributed by atoms with Crippen LogP contribution in [0.4, 0.5) is 5.95 Å². The second-order valence-electron chi connectivity index (χ2n) is 7.46. The number of anilines is 1. The fourth-order valence-corrected chi connectivity index (χ4v) is 4.02. The van der Waals surface area contributed by atoms with Crippen molar-refractivity contribution in [3.05, 3.63) is 78.4 Å². The third-order valence-electron chi connectivity index (χ3n) is 5.52. The van der Waals surface area contributed by atoms with Crippen LogP contribution in [0.15, 0.2) is 67.0 Å². The van der Waals surface area contributed by atoms with Gasteiger partial charge >= 0.3 is 0 Å². The molecule has 0 bridgehead atoms. The molecule has 0 saturated carbocycles. The molecule has 2 aromatic heterocycles. The number of nitrogens with zero attached hydrogens (tertiary/aromatic N) is 6. The standard InChI is InChI=1S/C22H23N7/c1-2-5-18(6-3-1)19-10-8-17(9-11-19)15-29-22(25-26-27-29)28-14-4-7-20(16-28)21-23-12-13-24-21/h1-3,5-6,8-13,20H,4,7,14-16H2,(H,23,24). The second kappa shape index (κ2) is 7.87. The van der Waals surface area contributed by atoms with E-state index in [1.54, 1.807) is 0 Å². The Bertz CT molecular complexity index is 1040. The maximum Gasteiger partial charge on any atom is 0.245 e. The van der Waals surface area contributed by atoms with Crippen molar-refractivity contribution in [3.63, 3.8) is 0 Å². The average Bonchev–Trinajstić information content (AvgIpc) is 3.48. The predicted octanol–water partition coefficient (Wildman–Crippen LogP) is 3.50. The summed E-state index contributed by atoms with van der Waals surface area (Å²) in [5, 5.41) is 12.5. The highest BCUT2D eigenvalue weighted by Crippen LogP contribution is 2.27. The van der Waals surface area contributed by atoms with E-state index in [-0.39, 0.29) is 0 Å². The molecule has 29 heavy (non-hydrogen) atoms. The molecule has 2 aromatic carbocycles. The first kappa shape index (κ1) is 17.6. The van der Waals surface area contributed by atoms with Gasteiger partial charge in [0.25, 0.3) is 0 Å². The lowest BCUT2D eigenvalue weighted by atomic mass is 9.98. The van der Waals surface area contributed by atoms with Crippen LogP contribution in [0.2, 0.25) is 0 Å². The van der Waals surface area contributed by atoms with Gasteiger partial charge in [-0.2, -0.15) is 0 Å². The van der Waals surface area contributed by atoms with E-state index in [1.807, 2.05) is 23.1 Å². The van der Waals surface area contributed by atoms with Gasteiger partial charge in [0.15, 0.2) is 0 Å². The first-order chi connectivity index (χ1) is 14.4. The van der Waals surface area contributed by atoms with Gasteiger partial charge in [-0.25, -0.2) is 9.67 Å². The molecule has 0 radical (unpaired) electrons. The van der Waals surface area contributed by atoms with Crippen molar-refractivity contribution in [3.8, 4) is 11.1 Å². The first-order valence-corrected chi connectivity index (χ1v) is 10.0. The summed E-state index contributed by atoms with van der Waals surface area (Å²) >= 11 is 0. The van der Waals surface area contributed by atoms with Crippen LogP contribution in [0.25, 0.3) is 11.1 Å². The van der Waals surface area contributed by atoms with Crippen LogP contribution in [0.3, 0.4) is 0 Å². The Labute approximate surface area is 169 Å². The zero-order chi connectivity index (χ0) is 19.5. The van der Waals surface area contributed by atoms with E-state index in [0.717, 1.165) is 37.7 Å². The molecule has 3 heterocycles. The molecule has 1 aliphatic rings. The molecule has 1 atom stereocenters. The first-order valence-electron chi connectivity index (χ1n) is 10.0. The van der Waals surface area contributed by atoms with Crippen molar-refractivity contribution in [1.29, 1.82) is 0 Å². The third kappa shape index (κ3) is 3.76. The number of hydrogen-bond donors (Lipinski definition) is 1. The zero-order valence-electron chi connectivity index (χ0n) is 16.1. The normalized spacial score (nSPS) is 16.8. The summed E-state index contributed by atoms with van der Waals surface area (Å²) in [5.41, 5.74) is 3.61. The van der Waals surface area contributed by atoms with Crippen LogP contribution in [-0.4, -0.2) is 43.3 Å². The second-order valence-corrected chi connectivity index (χ2v) is 7.46. The van der Waals surface area contributed by atoms with Crippen molar-refractivity contribution in [2.24, 2.45) is 0 Å². The zero-order valence-corrected chi connectivity index (χ0v) is 16.1. The number of rotatable bonds is 5. The van der Waals surface area contributed by atoms with Gasteiger partial charge < -0.3 is 9.88 Å². The van der Waals surface area contributed by atoms with Crippen LogP contribution >= 0.6 is 0 Å². The Morgan fingerprint density at radius 2 is 1.83 bits per heavy atom. The van der Waals surface area contributed by atoms with E-state index in [0.29, 0.717) is 12.5 Å². The predicted molar refractivity (Wildman–Crippen MR) is 112 cm³/mol. The van der Waals surface area contributed by atoms with Crippen molar-refractivity contribution in [2.45, 2.75) is 25.3 Å². The lowest BCUT2D eigenvalue weighted by molar-refractivity contribution is 0.480. The molecular formula is C22H23N7. The molecule has 1 fully saturated rings. The number of nitrogens with one attached hydrogen (secondary N) is 1. The van der Waals surface area contributed by atoms with Gasteiger partial charge in [-0.3, -0.25) is 0 Å². The number of aromatic nitrogens is 6. The molecule has 7 heteroatoms.